The highest BCUT2D eigenvalue weighted by Crippen LogP contribution is 2.27. The summed E-state index contributed by atoms with van der Waals surface area (Å²) in [5, 5.41) is 0. The Bertz CT molecular complexity index is 299. The van der Waals surface area contributed by atoms with Crippen LogP contribution in [0.5, 0.6) is 0 Å². The van der Waals surface area contributed by atoms with E-state index in [0.717, 1.165) is 32.2 Å². The smallest absolute Gasteiger partial charge is 0.251 e. The number of nitrogens with two attached hydrogens (primary N) is 1. The van der Waals surface area contributed by atoms with Crippen molar-refractivity contribution in [2.75, 3.05) is 13.1 Å². The number of hydrogen-bond acceptors (Lipinski definition) is 3. The summed E-state index contributed by atoms with van der Waals surface area (Å²) in [6, 6.07) is 0.395. The molecule has 0 aromatic carbocycles. The van der Waals surface area contributed by atoms with Crippen LogP contribution in [0.25, 0.3) is 0 Å². The van der Waals surface area contributed by atoms with Gasteiger partial charge in [0.2, 0.25) is 0 Å². The lowest BCUT2D eigenvalue weighted by Crippen LogP contribution is -2.50. The first-order valence-corrected chi connectivity index (χ1v) is 7.29. The van der Waals surface area contributed by atoms with Crippen LogP contribution >= 0.6 is 12.4 Å². The lowest BCUT2D eigenvalue weighted by atomic mass is 9.92. The highest BCUT2D eigenvalue weighted by molar-refractivity contribution is 5.85. The highest BCUT2D eigenvalue weighted by atomic mass is 35.5. The second-order valence-electron chi connectivity index (χ2n) is 5.90. The molecule has 2 aliphatic rings. The van der Waals surface area contributed by atoms with Crippen molar-refractivity contribution in [2.45, 2.75) is 64.2 Å². The van der Waals surface area contributed by atoms with E-state index in [-0.39, 0.29) is 30.5 Å². The van der Waals surface area contributed by atoms with Crippen molar-refractivity contribution in [3.05, 3.63) is 0 Å². The molecule has 2 heterocycles. The molecular formula is C14H27ClN2O2. The minimum absolute atomic E-state index is 0. The van der Waals surface area contributed by atoms with E-state index in [9.17, 15) is 4.79 Å². The van der Waals surface area contributed by atoms with Gasteiger partial charge in [-0.15, -0.1) is 12.4 Å². The zero-order valence-corrected chi connectivity index (χ0v) is 12.8. The molecule has 0 saturated carbocycles. The van der Waals surface area contributed by atoms with Gasteiger partial charge in [-0.1, -0.05) is 13.8 Å². The van der Waals surface area contributed by atoms with Crippen LogP contribution in [0.1, 0.15) is 46.0 Å². The van der Waals surface area contributed by atoms with Crippen molar-refractivity contribution in [1.29, 1.82) is 0 Å². The van der Waals surface area contributed by atoms with Gasteiger partial charge in [0.25, 0.3) is 5.91 Å². The normalized spacial score (nSPS) is 31.4. The van der Waals surface area contributed by atoms with Gasteiger partial charge in [0.15, 0.2) is 0 Å². The first kappa shape index (κ1) is 16.7. The number of amides is 1. The van der Waals surface area contributed by atoms with Crippen molar-refractivity contribution in [1.82, 2.24) is 4.90 Å². The summed E-state index contributed by atoms with van der Waals surface area (Å²) in [6.07, 6.45) is 5.11. The van der Waals surface area contributed by atoms with Crippen molar-refractivity contribution in [2.24, 2.45) is 11.7 Å². The van der Waals surface area contributed by atoms with Crippen LogP contribution in [-0.4, -0.2) is 42.1 Å². The average molecular weight is 291 g/mol. The molecule has 5 heteroatoms. The standard InChI is InChI=1S/C14H26N2O2.ClH/c1-10(2)12-5-3-4-8-16(12)14(17)13-7-6-11(9-15)18-13;/h10-13H,3-9,15H2,1-2H3;1H/t11-,12?,13+;/m1./s1. The quantitative estimate of drug-likeness (QED) is 0.864. The molecule has 112 valence electrons. The Morgan fingerprint density at radius 2 is 2.05 bits per heavy atom. The average Bonchev–Trinajstić information content (AvgIpc) is 2.86. The van der Waals surface area contributed by atoms with Gasteiger partial charge in [0.1, 0.15) is 6.10 Å². The molecule has 2 aliphatic heterocycles. The van der Waals surface area contributed by atoms with Crippen LogP contribution in [0.4, 0.5) is 0 Å². The van der Waals surface area contributed by atoms with E-state index in [1.807, 2.05) is 0 Å². The minimum Gasteiger partial charge on any atom is -0.364 e. The fraction of sp³-hybridized carbons (Fsp3) is 0.929. The summed E-state index contributed by atoms with van der Waals surface area (Å²) < 4.78 is 5.74. The van der Waals surface area contributed by atoms with Crippen LogP contribution in [-0.2, 0) is 9.53 Å². The Morgan fingerprint density at radius 3 is 2.63 bits per heavy atom. The maximum absolute atomic E-state index is 12.5. The molecule has 0 spiro atoms. The molecule has 2 rings (SSSR count). The zero-order chi connectivity index (χ0) is 13.1. The van der Waals surface area contributed by atoms with Crippen LogP contribution in [0.15, 0.2) is 0 Å². The van der Waals surface area contributed by atoms with Gasteiger partial charge in [-0.2, -0.15) is 0 Å². The number of rotatable bonds is 3. The van der Waals surface area contributed by atoms with Crippen molar-refractivity contribution in [3.8, 4) is 0 Å². The zero-order valence-electron chi connectivity index (χ0n) is 12.0. The number of nitrogens with zero attached hydrogens (tertiary/aromatic N) is 1. The summed E-state index contributed by atoms with van der Waals surface area (Å²) in [4.78, 5) is 14.6. The Morgan fingerprint density at radius 1 is 1.32 bits per heavy atom. The number of hydrogen-bond donors (Lipinski definition) is 1. The summed E-state index contributed by atoms with van der Waals surface area (Å²) in [5.74, 6) is 0.727. The molecule has 19 heavy (non-hydrogen) atoms. The molecule has 1 unspecified atom stereocenters. The predicted octanol–water partition coefficient (Wildman–Crippen LogP) is 1.95. The third-order valence-electron chi connectivity index (χ3n) is 4.25. The summed E-state index contributed by atoms with van der Waals surface area (Å²) in [6.45, 7) is 5.83. The molecule has 1 amide bonds. The Hall–Kier alpha value is -0.320. The third kappa shape index (κ3) is 3.83. The molecule has 0 aromatic heterocycles. The number of likely N-dealkylation sites (tertiary alicyclic amines) is 1. The summed E-state index contributed by atoms with van der Waals surface area (Å²) in [7, 11) is 0. The van der Waals surface area contributed by atoms with E-state index in [1.165, 1.54) is 6.42 Å². The number of ether oxygens (including phenoxy) is 1. The van der Waals surface area contributed by atoms with E-state index < -0.39 is 0 Å². The van der Waals surface area contributed by atoms with Gasteiger partial charge < -0.3 is 15.4 Å². The number of carbonyl (C=O) groups excluding carboxylic acids is 1. The maximum atomic E-state index is 12.5. The minimum atomic E-state index is -0.238. The first-order chi connectivity index (χ1) is 8.63. The van der Waals surface area contributed by atoms with E-state index in [0.29, 0.717) is 18.5 Å². The van der Waals surface area contributed by atoms with E-state index in [1.54, 1.807) is 0 Å². The fourth-order valence-electron chi connectivity index (χ4n) is 3.17. The topological polar surface area (TPSA) is 55.6 Å². The monoisotopic (exact) mass is 290 g/mol. The molecular weight excluding hydrogens is 264 g/mol. The van der Waals surface area contributed by atoms with Gasteiger partial charge in [0.05, 0.1) is 6.10 Å². The SMILES string of the molecule is CC(C)C1CCCCN1C(=O)[C@@H]1CC[C@H](CN)O1.Cl. The van der Waals surface area contributed by atoms with E-state index in [4.69, 9.17) is 10.5 Å². The molecule has 2 fully saturated rings. The van der Waals surface area contributed by atoms with Crippen molar-refractivity contribution >= 4 is 18.3 Å². The van der Waals surface area contributed by atoms with Crippen LogP contribution < -0.4 is 5.73 Å². The van der Waals surface area contributed by atoms with E-state index >= 15 is 0 Å². The number of halogens is 1. The van der Waals surface area contributed by atoms with Gasteiger partial charge in [-0.3, -0.25) is 4.79 Å². The van der Waals surface area contributed by atoms with E-state index in [2.05, 4.69) is 18.7 Å². The molecule has 0 radical (unpaired) electrons. The summed E-state index contributed by atoms with van der Waals surface area (Å²) >= 11 is 0. The van der Waals surface area contributed by atoms with Crippen molar-refractivity contribution in [3.63, 3.8) is 0 Å². The lowest BCUT2D eigenvalue weighted by molar-refractivity contribution is -0.147. The predicted molar refractivity (Wildman–Crippen MR) is 78.4 cm³/mol. The highest BCUT2D eigenvalue weighted by Gasteiger charge is 2.37. The van der Waals surface area contributed by atoms with Crippen LogP contribution in [0.3, 0.4) is 0 Å². The molecule has 4 nitrogen and oxygen atoms in total. The molecule has 3 atom stereocenters. The number of carbonyl (C=O) groups is 1. The molecule has 0 aromatic rings. The van der Waals surface area contributed by atoms with Gasteiger partial charge >= 0.3 is 0 Å². The Balaban J connectivity index is 0.00000180. The molecule has 2 saturated heterocycles. The Kier molecular flexibility index (Phi) is 6.57. The fourth-order valence-corrected chi connectivity index (χ4v) is 3.17. The second kappa shape index (κ2) is 7.46. The lowest BCUT2D eigenvalue weighted by Gasteiger charge is -2.39. The molecule has 2 N–H and O–H groups in total. The molecule has 0 bridgehead atoms. The van der Waals surface area contributed by atoms with Crippen molar-refractivity contribution < 1.29 is 9.53 Å². The first-order valence-electron chi connectivity index (χ1n) is 7.29. The third-order valence-corrected chi connectivity index (χ3v) is 4.25. The maximum Gasteiger partial charge on any atom is 0.251 e. The van der Waals surface area contributed by atoms with Gasteiger partial charge in [-0.25, -0.2) is 0 Å². The van der Waals surface area contributed by atoms with Crippen LogP contribution in [0.2, 0.25) is 0 Å². The van der Waals surface area contributed by atoms with Gasteiger partial charge in [0, 0.05) is 19.1 Å². The second-order valence-corrected chi connectivity index (χ2v) is 5.90. The number of piperidine rings is 1. The molecule has 0 aliphatic carbocycles. The Labute approximate surface area is 122 Å². The van der Waals surface area contributed by atoms with Gasteiger partial charge in [-0.05, 0) is 38.0 Å². The van der Waals surface area contributed by atoms with Crippen LogP contribution in [0, 0.1) is 5.92 Å². The largest absolute Gasteiger partial charge is 0.364 e. The summed E-state index contributed by atoms with van der Waals surface area (Å²) in [5.41, 5.74) is 5.60.